The van der Waals surface area contributed by atoms with Gasteiger partial charge in [-0.3, -0.25) is 0 Å². The average molecular weight is 182 g/mol. The summed E-state index contributed by atoms with van der Waals surface area (Å²) in [6.07, 6.45) is 6.90. The van der Waals surface area contributed by atoms with Crippen molar-refractivity contribution in [1.82, 2.24) is 10.2 Å². The third-order valence-corrected chi connectivity index (χ3v) is 3.78. The smallest absolute Gasteiger partial charge is 0.0111 e. The van der Waals surface area contributed by atoms with E-state index in [4.69, 9.17) is 0 Å². The van der Waals surface area contributed by atoms with Crippen molar-refractivity contribution in [1.29, 1.82) is 0 Å². The molecule has 13 heavy (non-hydrogen) atoms. The zero-order valence-corrected chi connectivity index (χ0v) is 8.92. The summed E-state index contributed by atoms with van der Waals surface area (Å²) in [6.45, 7) is 3.45. The molecule has 0 saturated carbocycles. The van der Waals surface area contributed by atoms with Gasteiger partial charge in [0.25, 0.3) is 0 Å². The summed E-state index contributed by atoms with van der Waals surface area (Å²) in [5, 5.41) is 3.67. The molecule has 2 nitrogen and oxygen atoms in total. The van der Waals surface area contributed by atoms with Crippen molar-refractivity contribution in [2.45, 2.75) is 57.2 Å². The standard InChI is InChI=1S/C11H22N2/c1-3-6-12-9-7-10-4-5-11(8-9)13(10)2/h9-12H,3-8H2,1-2H3/t9?,10-,11+. The van der Waals surface area contributed by atoms with Crippen LogP contribution in [-0.4, -0.2) is 36.6 Å². The highest BCUT2D eigenvalue weighted by Gasteiger charge is 2.37. The Morgan fingerprint density at radius 2 is 1.85 bits per heavy atom. The van der Waals surface area contributed by atoms with Crippen LogP contribution >= 0.6 is 0 Å². The molecule has 0 radical (unpaired) electrons. The summed E-state index contributed by atoms with van der Waals surface area (Å²) < 4.78 is 0. The summed E-state index contributed by atoms with van der Waals surface area (Å²) in [6, 6.07) is 2.58. The van der Waals surface area contributed by atoms with Gasteiger partial charge in [-0.1, -0.05) is 6.92 Å². The van der Waals surface area contributed by atoms with E-state index in [1.54, 1.807) is 0 Å². The number of nitrogens with zero attached hydrogens (tertiary/aromatic N) is 1. The fourth-order valence-corrected chi connectivity index (χ4v) is 2.93. The van der Waals surface area contributed by atoms with Crippen molar-refractivity contribution in [3.8, 4) is 0 Å². The van der Waals surface area contributed by atoms with Gasteiger partial charge in [-0.25, -0.2) is 0 Å². The third-order valence-electron chi connectivity index (χ3n) is 3.78. The highest BCUT2D eigenvalue weighted by Crippen LogP contribution is 2.33. The van der Waals surface area contributed by atoms with Crippen LogP contribution in [0.2, 0.25) is 0 Å². The minimum absolute atomic E-state index is 0.814. The van der Waals surface area contributed by atoms with Gasteiger partial charge in [0.05, 0.1) is 0 Å². The Labute approximate surface area is 81.7 Å². The lowest BCUT2D eigenvalue weighted by molar-refractivity contribution is 0.149. The SMILES string of the molecule is CCCNC1C[C@H]2CC[C@@H](C1)N2C. The number of rotatable bonds is 3. The first-order valence-corrected chi connectivity index (χ1v) is 5.76. The van der Waals surface area contributed by atoms with E-state index in [9.17, 15) is 0 Å². The lowest BCUT2D eigenvalue weighted by Gasteiger charge is -2.36. The number of fused-ring (bicyclic) bond motifs is 2. The van der Waals surface area contributed by atoms with Crippen LogP contribution < -0.4 is 5.32 Å². The first-order valence-electron chi connectivity index (χ1n) is 5.76. The number of piperidine rings is 1. The maximum atomic E-state index is 3.67. The van der Waals surface area contributed by atoms with Crippen LogP contribution in [0.3, 0.4) is 0 Å². The van der Waals surface area contributed by atoms with Crippen LogP contribution in [0.4, 0.5) is 0 Å². The minimum Gasteiger partial charge on any atom is -0.314 e. The molecule has 2 heterocycles. The monoisotopic (exact) mass is 182 g/mol. The predicted molar refractivity (Wildman–Crippen MR) is 55.9 cm³/mol. The molecule has 76 valence electrons. The highest BCUT2D eigenvalue weighted by molar-refractivity contribution is 4.95. The molecule has 3 atom stereocenters. The van der Waals surface area contributed by atoms with Crippen molar-refractivity contribution in [3.63, 3.8) is 0 Å². The number of nitrogens with one attached hydrogen (secondary N) is 1. The largest absolute Gasteiger partial charge is 0.314 e. The van der Waals surface area contributed by atoms with Gasteiger partial charge in [-0.2, -0.15) is 0 Å². The fourth-order valence-electron chi connectivity index (χ4n) is 2.93. The molecule has 2 heteroatoms. The Hall–Kier alpha value is -0.0800. The molecule has 2 bridgehead atoms. The first-order chi connectivity index (χ1) is 6.31. The summed E-state index contributed by atoms with van der Waals surface area (Å²) in [7, 11) is 2.30. The van der Waals surface area contributed by atoms with E-state index >= 15 is 0 Å². The van der Waals surface area contributed by atoms with E-state index in [1.807, 2.05) is 0 Å². The van der Waals surface area contributed by atoms with Crippen LogP contribution in [0.25, 0.3) is 0 Å². The zero-order valence-electron chi connectivity index (χ0n) is 8.92. The molecule has 2 saturated heterocycles. The Morgan fingerprint density at radius 3 is 2.38 bits per heavy atom. The van der Waals surface area contributed by atoms with Gasteiger partial charge in [0.2, 0.25) is 0 Å². The molecule has 0 amide bonds. The highest BCUT2D eigenvalue weighted by atomic mass is 15.2. The molecule has 0 spiro atoms. The second-order valence-electron chi connectivity index (χ2n) is 4.67. The summed E-state index contributed by atoms with van der Waals surface area (Å²) in [4.78, 5) is 2.60. The molecule has 0 aliphatic carbocycles. The van der Waals surface area contributed by atoms with Gasteiger partial charge in [-0.05, 0) is 45.7 Å². The molecular weight excluding hydrogens is 160 g/mol. The lowest BCUT2D eigenvalue weighted by Crippen LogP contribution is -2.47. The summed E-state index contributed by atoms with van der Waals surface area (Å²) >= 11 is 0. The van der Waals surface area contributed by atoms with E-state index in [1.165, 1.54) is 38.6 Å². The van der Waals surface area contributed by atoms with E-state index in [-0.39, 0.29) is 0 Å². The van der Waals surface area contributed by atoms with Gasteiger partial charge >= 0.3 is 0 Å². The van der Waals surface area contributed by atoms with Crippen molar-refractivity contribution < 1.29 is 0 Å². The molecule has 1 N–H and O–H groups in total. The van der Waals surface area contributed by atoms with Crippen molar-refractivity contribution in [3.05, 3.63) is 0 Å². The molecule has 2 fully saturated rings. The normalized spacial score (nSPS) is 39.7. The third kappa shape index (κ3) is 1.89. The molecule has 2 aliphatic rings. The molecule has 0 aromatic heterocycles. The second-order valence-corrected chi connectivity index (χ2v) is 4.67. The van der Waals surface area contributed by atoms with E-state index in [0.29, 0.717) is 0 Å². The predicted octanol–water partition coefficient (Wildman–Crippen LogP) is 1.61. The molecule has 0 aromatic carbocycles. The van der Waals surface area contributed by atoms with E-state index < -0.39 is 0 Å². The maximum Gasteiger partial charge on any atom is 0.0111 e. The van der Waals surface area contributed by atoms with Crippen LogP contribution in [0, 0.1) is 0 Å². The van der Waals surface area contributed by atoms with Gasteiger partial charge in [-0.15, -0.1) is 0 Å². The van der Waals surface area contributed by atoms with Crippen LogP contribution in [0.15, 0.2) is 0 Å². The van der Waals surface area contributed by atoms with Crippen molar-refractivity contribution in [2.24, 2.45) is 0 Å². The Morgan fingerprint density at radius 1 is 1.23 bits per heavy atom. The fraction of sp³-hybridized carbons (Fsp3) is 1.00. The minimum atomic E-state index is 0.814. The Kier molecular flexibility index (Phi) is 2.89. The number of hydrogen-bond donors (Lipinski definition) is 1. The zero-order chi connectivity index (χ0) is 9.26. The Bertz CT molecular complexity index is 155. The van der Waals surface area contributed by atoms with Gasteiger partial charge < -0.3 is 10.2 Å². The summed E-state index contributed by atoms with van der Waals surface area (Å²) in [5.41, 5.74) is 0. The molecular formula is C11H22N2. The quantitative estimate of drug-likeness (QED) is 0.713. The van der Waals surface area contributed by atoms with Gasteiger partial charge in [0, 0.05) is 18.1 Å². The van der Waals surface area contributed by atoms with Crippen molar-refractivity contribution >= 4 is 0 Å². The van der Waals surface area contributed by atoms with Crippen LogP contribution in [-0.2, 0) is 0 Å². The molecule has 1 unspecified atom stereocenters. The lowest BCUT2D eigenvalue weighted by atomic mass is 9.98. The van der Waals surface area contributed by atoms with E-state index in [2.05, 4.69) is 24.2 Å². The Balaban J connectivity index is 1.84. The number of hydrogen-bond acceptors (Lipinski definition) is 2. The molecule has 2 aliphatic heterocycles. The summed E-state index contributed by atoms with van der Waals surface area (Å²) in [5.74, 6) is 0. The van der Waals surface area contributed by atoms with Crippen LogP contribution in [0.5, 0.6) is 0 Å². The van der Waals surface area contributed by atoms with Gasteiger partial charge in [0.1, 0.15) is 0 Å². The average Bonchev–Trinajstić information content (AvgIpc) is 2.41. The molecule has 0 aromatic rings. The topological polar surface area (TPSA) is 15.3 Å². The van der Waals surface area contributed by atoms with Crippen molar-refractivity contribution in [2.75, 3.05) is 13.6 Å². The second kappa shape index (κ2) is 3.97. The van der Waals surface area contributed by atoms with Gasteiger partial charge in [0.15, 0.2) is 0 Å². The molecule has 2 rings (SSSR count). The maximum absolute atomic E-state index is 3.67. The van der Waals surface area contributed by atoms with Crippen LogP contribution in [0.1, 0.15) is 39.0 Å². The first kappa shape index (κ1) is 9.47. The van der Waals surface area contributed by atoms with E-state index in [0.717, 1.165) is 18.1 Å².